The van der Waals surface area contributed by atoms with E-state index in [2.05, 4.69) is 9.27 Å². The number of hydrogen-bond donors (Lipinski definition) is 1. The highest BCUT2D eigenvalue weighted by Gasteiger charge is 2.33. The van der Waals surface area contributed by atoms with Crippen LogP contribution in [0.2, 0.25) is 0 Å². The lowest BCUT2D eigenvalue weighted by Gasteiger charge is -2.34. The highest BCUT2D eigenvalue weighted by Crippen LogP contribution is 2.48. The Kier molecular flexibility index (Phi) is 3.69. The molecule has 1 aliphatic carbocycles. The Morgan fingerprint density at radius 2 is 2.10 bits per heavy atom. The molecule has 3 rings (SSSR count). The number of piperazine rings is 1. The van der Waals surface area contributed by atoms with Crippen LogP contribution in [0.1, 0.15) is 31.2 Å². The van der Waals surface area contributed by atoms with E-state index >= 15 is 0 Å². The smallest absolute Gasteiger partial charge is 0.409 e. The van der Waals surface area contributed by atoms with Crippen molar-refractivity contribution in [2.45, 2.75) is 25.7 Å². The standard InChI is InChI=1S/C13H20N4O2S/c1-2-19-13(18)17-7-5-16(6-8-17)12-10(9-3-4-9)11(14)15-20-12/h9H,2-8H2,1H3,(H2,14,15). The van der Waals surface area contributed by atoms with Crippen molar-refractivity contribution in [1.29, 1.82) is 0 Å². The summed E-state index contributed by atoms with van der Waals surface area (Å²) in [5, 5.41) is 1.20. The fraction of sp³-hybridized carbons (Fsp3) is 0.692. The molecule has 2 fully saturated rings. The molecule has 0 atom stereocenters. The molecule has 1 aromatic rings. The minimum atomic E-state index is -0.210. The second-order valence-electron chi connectivity index (χ2n) is 5.23. The van der Waals surface area contributed by atoms with Crippen LogP contribution in [-0.2, 0) is 4.74 Å². The first-order valence-electron chi connectivity index (χ1n) is 7.12. The number of anilines is 2. The van der Waals surface area contributed by atoms with Gasteiger partial charge in [-0.3, -0.25) is 0 Å². The summed E-state index contributed by atoms with van der Waals surface area (Å²) in [6, 6.07) is 0. The number of hydrogen-bond acceptors (Lipinski definition) is 6. The summed E-state index contributed by atoms with van der Waals surface area (Å²) in [5.41, 5.74) is 7.23. The number of ether oxygens (including phenoxy) is 1. The van der Waals surface area contributed by atoms with Crippen molar-refractivity contribution in [3.63, 3.8) is 0 Å². The van der Waals surface area contributed by atoms with Gasteiger partial charge in [0.25, 0.3) is 0 Å². The largest absolute Gasteiger partial charge is 0.450 e. The van der Waals surface area contributed by atoms with Crippen molar-refractivity contribution in [2.24, 2.45) is 0 Å². The molecule has 7 heteroatoms. The molecule has 6 nitrogen and oxygen atoms in total. The maximum atomic E-state index is 11.7. The first-order chi connectivity index (χ1) is 9.70. The molecule has 0 aromatic carbocycles. The van der Waals surface area contributed by atoms with E-state index in [9.17, 15) is 4.79 Å². The zero-order valence-electron chi connectivity index (χ0n) is 11.7. The molecule has 0 radical (unpaired) electrons. The van der Waals surface area contributed by atoms with E-state index in [1.807, 2.05) is 6.92 Å². The highest BCUT2D eigenvalue weighted by atomic mass is 32.1. The number of rotatable bonds is 3. The summed E-state index contributed by atoms with van der Waals surface area (Å²) in [5.74, 6) is 1.30. The number of nitrogens with zero attached hydrogens (tertiary/aromatic N) is 3. The predicted molar refractivity (Wildman–Crippen MR) is 79.3 cm³/mol. The molecule has 0 spiro atoms. The third-order valence-electron chi connectivity index (χ3n) is 3.82. The maximum Gasteiger partial charge on any atom is 0.409 e. The highest BCUT2D eigenvalue weighted by molar-refractivity contribution is 7.10. The lowest BCUT2D eigenvalue weighted by Crippen LogP contribution is -2.49. The second kappa shape index (κ2) is 5.47. The van der Waals surface area contributed by atoms with E-state index in [1.165, 1.54) is 34.9 Å². The SMILES string of the molecule is CCOC(=O)N1CCN(c2snc(N)c2C2CC2)CC1. The summed E-state index contributed by atoms with van der Waals surface area (Å²) in [4.78, 5) is 15.8. The van der Waals surface area contributed by atoms with Gasteiger partial charge in [-0.1, -0.05) is 0 Å². The van der Waals surface area contributed by atoms with Crippen LogP contribution in [0, 0.1) is 0 Å². The topological polar surface area (TPSA) is 71.7 Å². The lowest BCUT2D eigenvalue weighted by atomic mass is 10.2. The van der Waals surface area contributed by atoms with Gasteiger partial charge in [-0.25, -0.2) is 4.79 Å². The Hall–Kier alpha value is -1.50. The Balaban J connectivity index is 1.65. The molecule has 2 heterocycles. The Labute approximate surface area is 122 Å². The van der Waals surface area contributed by atoms with E-state index in [0.717, 1.165) is 13.1 Å². The Morgan fingerprint density at radius 3 is 2.70 bits per heavy atom. The minimum absolute atomic E-state index is 0.210. The van der Waals surface area contributed by atoms with Crippen LogP contribution in [-0.4, -0.2) is 48.2 Å². The molecular weight excluding hydrogens is 276 g/mol. The quantitative estimate of drug-likeness (QED) is 0.922. The van der Waals surface area contributed by atoms with Gasteiger partial charge in [0, 0.05) is 31.7 Å². The molecule has 1 aromatic heterocycles. The third kappa shape index (κ3) is 2.54. The van der Waals surface area contributed by atoms with Gasteiger partial charge in [0.15, 0.2) is 0 Å². The van der Waals surface area contributed by atoms with Gasteiger partial charge in [-0.2, -0.15) is 4.37 Å². The fourth-order valence-corrected chi connectivity index (χ4v) is 3.54. The summed E-state index contributed by atoms with van der Waals surface area (Å²) in [7, 11) is 0. The van der Waals surface area contributed by atoms with Crippen LogP contribution >= 0.6 is 11.5 Å². The minimum Gasteiger partial charge on any atom is -0.450 e. The van der Waals surface area contributed by atoms with Crippen LogP contribution in [0.15, 0.2) is 0 Å². The molecule has 2 N–H and O–H groups in total. The van der Waals surface area contributed by atoms with Crippen LogP contribution in [0.5, 0.6) is 0 Å². The first kappa shape index (κ1) is 13.5. The van der Waals surface area contributed by atoms with Gasteiger partial charge in [-0.05, 0) is 37.2 Å². The Morgan fingerprint density at radius 1 is 1.40 bits per heavy atom. The zero-order valence-corrected chi connectivity index (χ0v) is 12.5. The van der Waals surface area contributed by atoms with Gasteiger partial charge in [0.1, 0.15) is 10.8 Å². The number of nitrogens with two attached hydrogens (primary N) is 1. The molecule has 1 saturated carbocycles. The van der Waals surface area contributed by atoms with Crippen LogP contribution < -0.4 is 10.6 Å². The van der Waals surface area contributed by atoms with Crippen molar-refractivity contribution < 1.29 is 9.53 Å². The van der Waals surface area contributed by atoms with Gasteiger partial charge >= 0.3 is 6.09 Å². The van der Waals surface area contributed by atoms with Crippen LogP contribution in [0.25, 0.3) is 0 Å². The first-order valence-corrected chi connectivity index (χ1v) is 7.89. The van der Waals surface area contributed by atoms with Gasteiger partial charge in [0.2, 0.25) is 0 Å². The number of amides is 1. The molecule has 110 valence electrons. The van der Waals surface area contributed by atoms with Crippen molar-refractivity contribution in [2.75, 3.05) is 43.4 Å². The summed E-state index contributed by atoms with van der Waals surface area (Å²) >= 11 is 1.49. The molecule has 20 heavy (non-hydrogen) atoms. The van der Waals surface area contributed by atoms with Crippen molar-refractivity contribution >= 4 is 28.4 Å². The average Bonchev–Trinajstić information content (AvgIpc) is 3.22. The Bertz CT molecular complexity index is 493. The molecular formula is C13H20N4O2S. The molecule has 0 bridgehead atoms. The average molecular weight is 296 g/mol. The number of aromatic nitrogens is 1. The monoisotopic (exact) mass is 296 g/mol. The van der Waals surface area contributed by atoms with Crippen LogP contribution in [0.4, 0.5) is 15.6 Å². The molecule has 1 saturated heterocycles. The van der Waals surface area contributed by atoms with E-state index in [4.69, 9.17) is 10.5 Å². The molecule has 1 aliphatic heterocycles. The number of carbonyl (C=O) groups is 1. The lowest BCUT2D eigenvalue weighted by molar-refractivity contribution is 0.105. The maximum absolute atomic E-state index is 11.7. The summed E-state index contributed by atoms with van der Waals surface area (Å²) in [6.07, 6.45) is 2.23. The third-order valence-corrected chi connectivity index (χ3v) is 4.75. The van der Waals surface area contributed by atoms with Crippen molar-refractivity contribution in [3.05, 3.63) is 5.56 Å². The van der Waals surface area contributed by atoms with Crippen molar-refractivity contribution in [1.82, 2.24) is 9.27 Å². The summed E-state index contributed by atoms with van der Waals surface area (Å²) in [6.45, 7) is 5.29. The number of nitrogen functional groups attached to an aromatic ring is 1. The van der Waals surface area contributed by atoms with Gasteiger partial charge in [0.05, 0.1) is 6.61 Å². The molecule has 2 aliphatic rings. The van der Waals surface area contributed by atoms with E-state index in [1.54, 1.807) is 4.90 Å². The molecule has 0 unspecified atom stereocenters. The van der Waals surface area contributed by atoms with E-state index in [0.29, 0.717) is 31.4 Å². The normalized spacial score (nSPS) is 19.2. The zero-order chi connectivity index (χ0) is 14.1. The van der Waals surface area contributed by atoms with Crippen molar-refractivity contribution in [3.8, 4) is 0 Å². The van der Waals surface area contributed by atoms with Gasteiger partial charge < -0.3 is 20.3 Å². The van der Waals surface area contributed by atoms with E-state index < -0.39 is 0 Å². The van der Waals surface area contributed by atoms with Crippen LogP contribution in [0.3, 0.4) is 0 Å². The van der Waals surface area contributed by atoms with Gasteiger partial charge in [-0.15, -0.1) is 0 Å². The molecule has 1 amide bonds. The summed E-state index contributed by atoms with van der Waals surface area (Å²) < 4.78 is 9.35. The second-order valence-corrected chi connectivity index (χ2v) is 5.99. The van der Waals surface area contributed by atoms with E-state index in [-0.39, 0.29) is 6.09 Å². The predicted octanol–water partition coefficient (Wildman–Crippen LogP) is 1.88. The fourth-order valence-electron chi connectivity index (χ4n) is 2.59. The number of carbonyl (C=O) groups excluding carboxylic acids is 1.